The minimum Gasteiger partial charge on any atom is -0.371 e. The Labute approximate surface area is 86.7 Å². The number of hydrogen-bond donors (Lipinski definition) is 2. The molecule has 0 saturated carbocycles. The second-order valence-corrected chi connectivity index (χ2v) is 4.63. The first-order chi connectivity index (χ1) is 5.63. The van der Waals surface area contributed by atoms with Gasteiger partial charge in [0.2, 0.25) is 0 Å². The molecule has 1 nitrogen and oxygen atoms in total. The van der Waals surface area contributed by atoms with Crippen LogP contribution in [0.3, 0.4) is 0 Å². The van der Waals surface area contributed by atoms with E-state index in [-0.39, 0.29) is 0 Å². The molecule has 0 unspecified atom stereocenters. The molecule has 1 N–H and O–H groups in total. The molecule has 0 rings (SSSR count). The van der Waals surface area contributed by atoms with E-state index in [1.165, 1.54) is 25.7 Å². The lowest BCUT2D eigenvalue weighted by Gasteiger charge is -2.04. The highest BCUT2D eigenvalue weighted by atomic mass is 32.1. The Kier molecular flexibility index (Phi) is 8.02. The molecule has 0 aromatic carbocycles. The fraction of sp³-hybridized carbons (Fsp3) is 0.889. The third kappa shape index (κ3) is 10.2. The largest absolute Gasteiger partial charge is 0.371 e. The number of nitrogens with one attached hydrogen (secondary N) is 1. The van der Waals surface area contributed by atoms with Crippen LogP contribution in [-0.4, -0.2) is 10.9 Å². The summed E-state index contributed by atoms with van der Waals surface area (Å²) >= 11 is 8.74. The summed E-state index contributed by atoms with van der Waals surface area (Å²) in [6, 6.07) is 0. The lowest BCUT2D eigenvalue weighted by Crippen LogP contribution is -2.17. The Hall–Kier alpha value is 0.240. The molecule has 0 aliphatic rings. The first-order valence-corrected chi connectivity index (χ1v) is 5.45. The highest BCUT2D eigenvalue weighted by Gasteiger charge is 1.94. The highest BCUT2D eigenvalue weighted by molar-refractivity contribution is 8.11. The third-order valence-electron chi connectivity index (χ3n) is 1.73. The molecule has 0 aliphatic carbocycles. The van der Waals surface area contributed by atoms with Crippen LogP contribution in [0.4, 0.5) is 0 Å². The normalized spacial score (nSPS) is 10.3. The van der Waals surface area contributed by atoms with Gasteiger partial charge in [-0.1, -0.05) is 45.3 Å². The molecule has 0 bridgehead atoms. The van der Waals surface area contributed by atoms with Crippen LogP contribution in [0.2, 0.25) is 0 Å². The van der Waals surface area contributed by atoms with E-state index in [0.29, 0.717) is 4.32 Å². The maximum atomic E-state index is 4.77. The van der Waals surface area contributed by atoms with E-state index < -0.39 is 0 Å². The number of hydrogen-bond acceptors (Lipinski definition) is 1. The van der Waals surface area contributed by atoms with E-state index in [0.717, 1.165) is 12.5 Å². The van der Waals surface area contributed by atoms with Gasteiger partial charge in [-0.2, -0.15) is 0 Å². The van der Waals surface area contributed by atoms with Gasteiger partial charge in [-0.25, -0.2) is 0 Å². The number of thiocarbonyl (C=S) groups is 1. The van der Waals surface area contributed by atoms with E-state index in [1.54, 1.807) is 0 Å². The maximum absolute atomic E-state index is 4.77. The second kappa shape index (κ2) is 7.87. The second-order valence-electron chi connectivity index (χ2n) is 3.48. The lowest BCUT2D eigenvalue weighted by atomic mass is 10.1. The van der Waals surface area contributed by atoms with E-state index in [4.69, 9.17) is 12.2 Å². The zero-order chi connectivity index (χ0) is 9.40. The summed E-state index contributed by atoms with van der Waals surface area (Å²) in [5.74, 6) is 0.837. The Morgan fingerprint density at radius 2 is 2.00 bits per heavy atom. The highest BCUT2D eigenvalue weighted by Crippen LogP contribution is 2.07. The first-order valence-electron chi connectivity index (χ1n) is 4.59. The molecule has 0 aromatic rings. The van der Waals surface area contributed by atoms with Crippen molar-refractivity contribution in [2.75, 3.05) is 6.54 Å². The Morgan fingerprint density at radius 1 is 1.33 bits per heavy atom. The topological polar surface area (TPSA) is 12.0 Å². The van der Waals surface area contributed by atoms with Crippen molar-refractivity contribution < 1.29 is 0 Å². The van der Waals surface area contributed by atoms with Gasteiger partial charge in [0, 0.05) is 6.54 Å². The summed E-state index contributed by atoms with van der Waals surface area (Å²) in [6.07, 6.45) is 5.17. The summed E-state index contributed by atoms with van der Waals surface area (Å²) in [6.45, 7) is 5.50. The van der Waals surface area contributed by atoms with E-state index in [1.807, 2.05) is 0 Å². The molecule has 0 aliphatic heterocycles. The van der Waals surface area contributed by atoms with Crippen molar-refractivity contribution in [2.24, 2.45) is 5.92 Å². The van der Waals surface area contributed by atoms with Crippen molar-refractivity contribution in [1.29, 1.82) is 0 Å². The number of unbranched alkanes of at least 4 members (excludes halogenated alkanes) is 2. The van der Waals surface area contributed by atoms with Crippen molar-refractivity contribution in [1.82, 2.24) is 5.32 Å². The Bertz CT molecular complexity index is 124. The van der Waals surface area contributed by atoms with E-state index in [9.17, 15) is 0 Å². The third-order valence-corrected chi connectivity index (χ3v) is 2.04. The maximum Gasteiger partial charge on any atom is 0.130 e. The van der Waals surface area contributed by atoms with Gasteiger partial charge in [-0.15, -0.1) is 12.6 Å². The first kappa shape index (κ1) is 12.2. The van der Waals surface area contributed by atoms with Gasteiger partial charge in [-0.05, 0) is 12.3 Å². The monoisotopic (exact) mass is 205 g/mol. The van der Waals surface area contributed by atoms with Gasteiger partial charge in [0.15, 0.2) is 0 Å². The van der Waals surface area contributed by atoms with Crippen molar-refractivity contribution in [3.05, 3.63) is 0 Å². The van der Waals surface area contributed by atoms with Crippen LogP contribution in [0, 0.1) is 5.92 Å². The molecular formula is C9H19NS2. The molecule has 0 fully saturated rings. The molecule has 0 radical (unpaired) electrons. The van der Waals surface area contributed by atoms with Gasteiger partial charge >= 0.3 is 0 Å². The molecule has 72 valence electrons. The van der Waals surface area contributed by atoms with Gasteiger partial charge in [-0.3, -0.25) is 0 Å². The van der Waals surface area contributed by atoms with Crippen LogP contribution in [0.1, 0.15) is 39.5 Å². The lowest BCUT2D eigenvalue weighted by molar-refractivity contribution is 0.526. The summed E-state index contributed by atoms with van der Waals surface area (Å²) < 4.78 is 0.610. The molecule has 0 saturated heterocycles. The summed E-state index contributed by atoms with van der Waals surface area (Å²) in [5, 5.41) is 3.03. The zero-order valence-corrected chi connectivity index (χ0v) is 9.68. The van der Waals surface area contributed by atoms with E-state index in [2.05, 4.69) is 31.8 Å². The molecule has 3 heteroatoms. The number of thiol groups is 1. The summed E-state index contributed by atoms with van der Waals surface area (Å²) in [4.78, 5) is 0. The summed E-state index contributed by atoms with van der Waals surface area (Å²) in [7, 11) is 0. The van der Waals surface area contributed by atoms with E-state index >= 15 is 0 Å². The van der Waals surface area contributed by atoms with Crippen LogP contribution in [0.15, 0.2) is 0 Å². The van der Waals surface area contributed by atoms with Crippen molar-refractivity contribution in [3.63, 3.8) is 0 Å². The van der Waals surface area contributed by atoms with Gasteiger partial charge in [0.25, 0.3) is 0 Å². The van der Waals surface area contributed by atoms with Gasteiger partial charge in [0.1, 0.15) is 4.32 Å². The summed E-state index contributed by atoms with van der Waals surface area (Å²) in [5.41, 5.74) is 0. The predicted molar refractivity (Wildman–Crippen MR) is 62.9 cm³/mol. The van der Waals surface area contributed by atoms with Gasteiger partial charge in [0.05, 0.1) is 0 Å². The van der Waals surface area contributed by atoms with Crippen LogP contribution < -0.4 is 5.32 Å². The molecule has 0 heterocycles. The molecule has 0 spiro atoms. The van der Waals surface area contributed by atoms with Crippen LogP contribution in [0.5, 0.6) is 0 Å². The van der Waals surface area contributed by atoms with Crippen LogP contribution >= 0.6 is 24.8 Å². The zero-order valence-electron chi connectivity index (χ0n) is 7.97. The molecule has 0 aromatic heterocycles. The Balaban J connectivity index is 2.96. The van der Waals surface area contributed by atoms with Gasteiger partial charge < -0.3 is 5.32 Å². The minimum atomic E-state index is 0.610. The van der Waals surface area contributed by atoms with Crippen molar-refractivity contribution in [3.8, 4) is 0 Å². The van der Waals surface area contributed by atoms with Crippen molar-refractivity contribution in [2.45, 2.75) is 39.5 Å². The average molecular weight is 205 g/mol. The molecule has 12 heavy (non-hydrogen) atoms. The quantitative estimate of drug-likeness (QED) is 0.393. The smallest absolute Gasteiger partial charge is 0.130 e. The minimum absolute atomic E-state index is 0.610. The molecule has 0 amide bonds. The van der Waals surface area contributed by atoms with Crippen LogP contribution in [0.25, 0.3) is 0 Å². The fourth-order valence-electron chi connectivity index (χ4n) is 1.05. The molecular weight excluding hydrogens is 186 g/mol. The van der Waals surface area contributed by atoms with Crippen molar-refractivity contribution >= 4 is 29.2 Å². The average Bonchev–Trinajstić information content (AvgIpc) is 1.95. The fourth-order valence-corrected chi connectivity index (χ4v) is 1.26. The standard InChI is InChI=1S/C9H19NS2/c1-8(2)6-4-3-5-7-10-9(11)12/h8H,3-7H2,1-2H3,(H2,10,11,12). The number of rotatable bonds is 6. The molecule has 0 atom stereocenters. The Morgan fingerprint density at radius 3 is 2.50 bits per heavy atom. The SMILES string of the molecule is CC(C)CCCCCNC(=S)S. The van der Waals surface area contributed by atoms with Crippen LogP contribution in [-0.2, 0) is 0 Å². The predicted octanol–water partition coefficient (Wildman–Crippen LogP) is 3.01.